The molecule has 0 heteroatoms. The molecule has 0 N–H and O–H groups in total. The van der Waals surface area contributed by atoms with Gasteiger partial charge in [-0.1, -0.05) is 180 Å². The van der Waals surface area contributed by atoms with Gasteiger partial charge in [-0.3, -0.25) is 0 Å². The van der Waals surface area contributed by atoms with Gasteiger partial charge in [0.1, 0.15) is 0 Å². The van der Waals surface area contributed by atoms with Gasteiger partial charge in [-0.05, 0) is 94.0 Å². The highest BCUT2D eigenvalue weighted by atomic mass is 14.1. The van der Waals surface area contributed by atoms with Crippen LogP contribution in [0.5, 0.6) is 0 Å². The van der Waals surface area contributed by atoms with Crippen molar-refractivity contribution in [2.45, 2.75) is 47.0 Å². The fourth-order valence-corrected chi connectivity index (χ4v) is 5.02. The van der Waals surface area contributed by atoms with Gasteiger partial charge in [0.15, 0.2) is 0 Å². The smallest absolute Gasteiger partial charge is 0.0106 e. The van der Waals surface area contributed by atoms with Crippen LogP contribution >= 0.6 is 0 Å². The van der Waals surface area contributed by atoms with Crippen LogP contribution in [0, 0.1) is 0 Å². The first-order chi connectivity index (χ1) is 22.1. The zero-order valence-electron chi connectivity index (χ0n) is 27.5. The lowest BCUT2D eigenvalue weighted by molar-refractivity contribution is 1.02. The topological polar surface area (TPSA) is 0 Å². The summed E-state index contributed by atoms with van der Waals surface area (Å²) in [6.45, 7) is 16.5. The molecule has 0 unspecified atom stereocenters. The van der Waals surface area contributed by atoms with Crippen molar-refractivity contribution in [1.29, 1.82) is 0 Å². The Bertz CT molecular complexity index is 1620. The van der Waals surface area contributed by atoms with Gasteiger partial charge in [0.25, 0.3) is 0 Å². The van der Waals surface area contributed by atoms with E-state index in [0.717, 1.165) is 47.1 Å². The van der Waals surface area contributed by atoms with Crippen LogP contribution in [0.3, 0.4) is 0 Å². The predicted octanol–water partition coefficient (Wildman–Crippen LogP) is 13.3. The molecular formula is C45H48. The van der Waals surface area contributed by atoms with Gasteiger partial charge in [-0.25, -0.2) is 0 Å². The molecule has 0 heterocycles. The molecule has 0 bridgehead atoms. The van der Waals surface area contributed by atoms with Gasteiger partial charge in [0.05, 0.1) is 0 Å². The maximum atomic E-state index is 4.39. The SMILES string of the molecule is C=C/C=C(\C=C/C)C(=C/c1ccc(-c2ccc(/C=C(/C(=C)/C=C\C=CCC)C3=CCCC=C3)cc2)cc1)/c1ccccc1.CC. The van der Waals surface area contributed by atoms with Crippen molar-refractivity contribution >= 4 is 17.7 Å². The van der Waals surface area contributed by atoms with Crippen molar-refractivity contribution in [3.05, 3.63) is 198 Å². The molecule has 45 heavy (non-hydrogen) atoms. The van der Waals surface area contributed by atoms with Gasteiger partial charge in [-0.2, -0.15) is 0 Å². The predicted molar refractivity (Wildman–Crippen MR) is 203 cm³/mol. The molecular weight excluding hydrogens is 540 g/mol. The molecule has 0 nitrogen and oxygen atoms in total. The highest BCUT2D eigenvalue weighted by molar-refractivity contribution is 5.93. The second-order valence-corrected chi connectivity index (χ2v) is 10.4. The van der Waals surface area contributed by atoms with Gasteiger partial charge < -0.3 is 0 Å². The Morgan fingerprint density at radius 3 is 1.91 bits per heavy atom. The molecule has 228 valence electrons. The average molecular weight is 589 g/mol. The number of benzene rings is 3. The lowest BCUT2D eigenvalue weighted by atomic mass is 9.92. The molecule has 0 radical (unpaired) electrons. The Morgan fingerprint density at radius 2 is 1.38 bits per heavy atom. The summed E-state index contributed by atoms with van der Waals surface area (Å²) in [4.78, 5) is 0. The Morgan fingerprint density at radius 1 is 0.756 bits per heavy atom. The quantitative estimate of drug-likeness (QED) is 0.146. The van der Waals surface area contributed by atoms with E-state index >= 15 is 0 Å². The average Bonchev–Trinajstić information content (AvgIpc) is 3.10. The van der Waals surface area contributed by atoms with Crippen molar-refractivity contribution in [1.82, 2.24) is 0 Å². The minimum atomic E-state index is 1.02. The van der Waals surface area contributed by atoms with Crippen molar-refractivity contribution in [2.75, 3.05) is 0 Å². The van der Waals surface area contributed by atoms with Crippen molar-refractivity contribution in [3.8, 4) is 11.1 Å². The first-order valence-corrected chi connectivity index (χ1v) is 16.2. The summed E-state index contributed by atoms with van der Waals surface area (Å²) in [6, 6.07) is 28.1. The Labute approximate surface area is 273 Å². The van der Waals surface area contributed by atoms with Crippen LogP contribution in [0.2, 0.25) is 0 Å². The second kappa shape index (κ2) is 19.4. The Balaban J connectivity index is 0.00000271. The van der Waals surface area contributed by atoms with Crippen LogP contribution in [-0.4, -0.2) is 0 Å². The maximum absolute atomic E-state index is 4.39. The van der Waals surface area contributed by atoms with Gasteiger partial charge in [-0.15, -0.1) is 0 Å². The zero-order valence-corrected chi connectivity index (χ0v) is 27.5. The molecule has 0 saturated carbocycles. The summed E-state index contributed by atoms with van der Waals surface area (Å²) in [5.74, 6) is 0. The number of allylic oxidation sites excluding steroid dienone is 16. The largest absolute Gasteiger partial charge is 0.0990 e. The summed E-state index contributed by atoms with van der Waals surface area (Å²) < 4.78 is 0. The Kier molecular flexibility index (Phi) is 14.9. The van der Waals surface area contributed by atoms with E-state index in [1.165, 1.54) is 27.8 Å². The van der Waals surface area contributed by atoms with Crippen molar-refractivity contribution in [3.63, 3.8) is 0 Å². The molecule has 3 aromatic rings. The maximum Gasteiger partial charge on any atom is -0.0106 e. The first kappa shape index (κ1) is 34.5. The molecule has 0 saturated heterocycles. The van der Waals surface area contributed by atoms with E-state index < -0.39 is 0 Å². The molecule has 4 rings (SSSR count). The van der Waals surface area contributed by atoms with E-state index in [-0.39, 0.29) is 0 Å². The fourth-order valence-electron chi connectivity index (χ4n) is 5.02. The van der Waals surface area contributed by atoms with E-state index in [9.17, 15) is 0 Å². The molecule has 0 aromatic heterocycles. The number of hydrogen-bond acceptors (Lipinski definition) is 0. The molecule has 0 aliphatic heterocycles. The lowest BCUT2D eigenvalue weighted by Crippen LogP contribution is -1.93. The van der Waals surface area contributed by atoms with Crippen LogP contribution in [0.15, 0.2) is 181 Å². The van der Waals surface area contributed by atoms with Crippen molar-refractivity contribution in [2.24, 2.45) is 0 Å². The van der Waals surface area contributed by atoms with Crippen LogP contribution in [-0.2, 0) is 0 Å². The molecule has 0 amide bonds. The highest BCUT2D eigenvalue weighted by Gasteiger charge is 2.09. The van der Waals surface area contributed by atoms with Gasteiger partial charge in [0.2, 0.25) is 0 Å². The Hall–Kier alpha value is -4.94. The van der Waals surface area contributed by atoms with E-state index in [4.69, 9.17) is 0 Å². The van der Waals surface area contributed by atoms with E-state index in [0.29, 0.717) is 0 Å². The third-order valence-electron chi connectivity index (χ3n) is 7.25. The molecule has 1 aliphatic rings. The minimum Gasteiger partial charge on any atom is -0.0990 e. The third kappa shape index (κ3) is 10.6. The molecule has 0 spiro atoms. The van der Waals surface area contributed by atoms with E-state index in [1.807, 2.05) is 32.9 Å². The standard InChI is InChI=1S/C43H42.C2H6/c1-5-8-9-12-19-34(4)42(40-20-13-10-14-21-40)32-35-24-28-37(29-25-35)38-30-26-36(27-31-38)33-43(39(17-6-2)18-7-3)41-22-15-11-16-23-41;1-2/h6-9,11-13,15-33H,2,4-5,10,14H2,1,3H3;1-2H3/b9-8?,18-7-,19-12-,39-17+,42-32-,43-33-;. The number of hydrogen-bond donors (Lipinski definition) is 0. The van der Waals surface area contributed by atoms with Crippen LogP contribution in [0.4, 0.5) is 0 Å². The summed E-state index contributed by atoms with van der Waals surface area (Å²) in [7, 11) is 0. The summed E-state index contributed by atoms with van der Waals surface area (Å²) in [6.07, 6.45) is 31.0. The normalized spacial score (nSPS) is 14.0. The van der Waals surface area contributed by atoms with Crippen molar-refractivity contribution < 1.29 is 0 Å². The van der Waals surface area contributed by atoms with Crippen LogP contribution in [0.1, 0.15) is 63.6 Å². The fraction of sp³-hybridized carbons (Fsp3) is 0.156. The minimum absolute atomic E-state index is 1.02. The zero-order chi connectivity index (χ0) is 32.3. The molecule has 1 aliphatic carbocycles. The van der Waals surface area contributed by atoms with Gasteiger partial charge in [0, 0.05) is 0 Å². The summed E-state index contributed by atoms with van der Waals surface area (Å²) in [5, 5.41) is 0. The summed E-state index contributed by atoms with van der Waals surface area (Å²) >= 11 is 0. The molecule has 0 fully saturated rings. The highest BCUT2D eigenvalue weighted by Crippen LogP contribution is 2.30. The number of rotatable bonds is 12. The van der Waals surface area contributed by atoms with Crippen LogP contribution in [0.25, 0.3) is 28.9 Å². The van der Waals surface area contributed by atoms with Gasteiger partial charge >= 0.3 is 0 Å². The summed E-state index contributed by atoms with van der Waals surface area (Å²) in [5.41, 5.74) is 11.6. The first-order valence-electron chi connectivity index (χ1n) is 16.2. The van der Waals surface area contributed by atoms with Crippen LogP contribution < -0.4 is 0 Å². The molecule has 3 aromatic carbocycles. The van der Waals surface area contributed by atoms with E-state index in [2.05, 4.69) is 166 Å². The monoisotopic (exact) mass is 588 g/mol. The lowest BCUT2D eigenvalue weighted by Gasteiger charge is -2.13. The second-order valence-electron chi connectivity index (χ2n) is 10.4. The molecule has 0 atom stereocenters. The van der Waals surface area contributed by atoms with E-state index in [1.54, 1.807) is 0 Å². The third-order valence-corrected chi connectivity index (χ3v) is 7.25.